The van der Waals surface area contributed by atoms with E-state index in [0.29, 0.717) is 0 Å². The van der Waals surface area contributed by atoms with Crippen LogP contribution >= 0.6 is 11.8 Å². The highest BCUT2D eigenvalue weighted by Gasteiger charge is 2.21. The van der Waals surface area contributed by atoms with Crippen LogP contribution in [0.25, 0.3) is 10.8 Å². The average Bonchev–Trinajstić information content (AvgIpc) is 2.35. The van der Waals surface area contributed by atoms with E-state index in [1.807, 2.05) is 49.4 Å². The predicted octanol–water partition coefficient (Wildman–Crippen LogP) is 3.72. The molecule has 17 heavy (non-hydrogen) atoms. The van der Waals surface area contributed by atoms with E-state index in [4.69, 9.17) is 0 Å². The quantitative estimate of drug-likeness (QED) is 0.893. The maximum atomic E-state index is 11.3. The van der Waals surface area contributed by atoms with Crippen molar-refractivity contribution in [2.75, 3.05) is 5.75 Å². The maximum Gasteiger partial charge on any atom is 0.321 e. The Hall–Kier alpha value is -1.48. The third kappa shape index (κ3) is 2.44. The Morgan fingerprint density at radius 2 is 1.94 bits per heavy atom. The van der Waals surface area contributed by atoms with Crippen molar-refractivity contribution in [3.63, 3.8) is 0 Å². The SMILES string of the molecule is CCSC(C(=O)O)c1cccc2ccccc12. The number of rotatable bonds is 4. The largest absolute Gasteiger partial charge is 0.480 e. The van der Waals surface area contributed by atoms with Gasteiger partial charge in [-0.1, -0.05) is 49.4 Å². The fourth-order valence-corrected chi connectivity index (χ4v) is 2.80. The van der Waals surface area contributed by atoms with E-state index < -0.39 is 11.2 Å². The molecule has 0 aliphatic heterocycles. The molecule has 0 saturated carbocycles. The number of thioether (sulfide) groups is 1. The molecule has 2 aromatic rings. The lowest BCUT2D eigenvalue weighted by molar-refractivity contribution is -0.136. The highest BCUT2D eigenvalue weighted by molar-refractivity contribution is 8.00. The van der Waals surface area contributed by atoms with Gasteiger partial charge in [0.2, 0.25) is 0 Å². The van der Waals surface area contributed by atoms with Crippen molar-refractivity contribution in [3.05, 3.63) is 48.0 Å². The standard InChI is InChI=1S/C14H14O2S/c1-2-17-13(14(15)16)12-9-5-7-10-6-3-4-8-11(10)12/h3-9,13H,2H2,1H3,(H,15,16). The van der Waals surface area contributed by atoms with Crippen LogP contribution in [0.15, 0.2) is 42.5 Å². The number of carboxylic acid groups (broad SMARTS) is 1. The summed E-state index contributed by atoms with van der Waals surface area (Å²) in [6.45, 7) is 1.98. The third-order valence-corrected chi connectivity index (χ3v) is 3.79. The second-order valence-electron chi connectivity index (χ2n) is 3.74. The summed E-state index contributed by atoms with van der Waals surface area (Å²) in [7, 11) is 0. The molecule has 2 nitrogen and oxygen atoms in total. The zero-order valence-electron chi connectivity index (χ0n) is 9.59. The van der Waals surface area contributed by atoms with Crippen molar-refractivity contribution in [1.82, 2.24) is 0 Å². The number of hydrogen-bond donors (Lipinski definition) is 1. The van der Waals surface area contributed by atoms with Gasteiger partial charge in [-0.15, -0.1) is 11.8 Å². The molecule has 0 aromatic heterocycles. The molecule has 1 atom stereocenters. The van der Waals surface area contributed by atoms with Gasteiger partial charge >= 0.3 is 5.97 Å². The van der Waals surface area contributed by atoms with E-state index in [2.05, 4.69) is 0 Å². The van der Waals surface area contributed by atoms with E-state index >= 15 is 0 Å². The Bertz CT molecular complexity index is 531. The Balaban J connectivity index is 2.56. The van der Waals surface area contributed by atoms with Gasteiger partial charge in [-0.25, -0.2) is 0 Å². The lowest BCUT2D eigenvalue weighted by atomic mass is 10.0. The first-order valence-electron chi connectivity index (χ1n) is 5.56. The molecule has 88 valence electrons. The summed E-state index contributed by atoms with van der Waals surface area (Å²) in [5.74, 6) is 0.0217. The van der Waals surface area contributed by atoms with Gasteiger partial charge in [0.05, 0.1) is 0 Å². The highest BCUT2D eigenvalue weighted by Crippen LogP contribution is 2.33. The highest BCUT2D eigenvalue weighted by atomic mass is 32.2. The minimum absolute atomic E-state index is 0.480. The van der Waals surface area contributed by atoms with Crippen LogP contribution in [0.2, 0.25) is 0 Å². The van der Waals surface area contributed by atoms with E-state index in [0.717, 1.165) is 22.1 Å². The van der Waals surface area contributed by atoms with Crippen LogP contribution in [0.3, 0.4) is 0 Å². The Morgan fingerprint density at radius 3 is 2.65 bits per heavy atom. The van der Waals surface area contributed by atoms with Crippen LogP contribution in [0.4, 0.5) is 0 Å². The van der Waals surface area contributed by atoms with Gasteiger partial charge in [-0.05, 0) is 22.1 Å². The van der Waals surface area contributed by atoms with E-state index in [1.165, 1.54) is 11.8 Å². The summed E-state index contributed by atoms with van der Waals surface area (Å²) in [4.78, 5) is 11.3. The smallest absolute Gasteiger partial charge is 0.321 e. The lowest BCUT2D eigenvalue weighted by Gasteiger charge is -2.13. The van der Waals surface area contributed by atoms with E-state index in [-0.39, 0.29) is 0 Å². The molecule has 0 saturated heterocycles. The first kappa shape index (κ1) is 12.0. The van der Waals surface area contributed by atoms with Crippen LogP contribution in [0.1, 0.15) is 17.7 Å². The van der Waals surface area contributed by atoms with Gasteiger partial charge in [0, 0.05) is 0 Å². The molecule has 0 bridgehead atoms. The monoisotopic (exact) mass is 246 g/mol. The Labute approximate surface area is 105 Å². The van der Waals surface area contributed by atoms with Crippen LogP contribution in [-0.2, 0) is 4.79 Å². The number of carboxylic acids is 1. The summed E-state index contributed by atoms with van der Waals surface area (Å²) >= 11 is 1.45. The van der Waals surface area contributed by atoms with Gasteiger partial charge in [-0.2, -0.15) is 0 Å². The fraction of sp³-hybridized carbons (Fsp3) is 0.214. The van der Waals surface area contributed by atoms with Crippen molar-refractivity contribution in [3.8, 4) is 0 Å². The molecule has 0 aliphatic rings. The van der Waals surface area contributed by atoms with Crippen molar-refractivity contribution < 1.29 is 9.90 Å². The zero-order valence-corrected chi connectivity index (χ0v) is 10.4. The van der Waals surface area contributed by atoms with E-state index in [9.17, 15) is 9.90 Å². The van der Waals surface area contributed by atoms with Crippen LogP contribution in [-0.4, -0.2) is 16.8 Å². The number of aliphatic carboxylic acids is 1. The second kappa shape index (κ2) is 5.23. The van der Waals surface area contributed by atoms with Gasteiger partial charge in [0.1, 0.15) is 5.25 Å². The van der Waals surface area contributed by atoms with Crippen molar-refractivity contribution in [2.45, 2.75) is 12.2 Å². The molecule has 3 heteroatoms. The molecule has 0 spiro atoms. The summed E-state index contributed by atoms with van der Waals surface area (Å²) < 4.78 is 0. The van der Waals surface area contributed by atoms with Gasteiger partial charge in [0.25, 0.3) is 0 Å². The minimum atomic E-state index is -0.770. The fourth-order valence-electron chi connectivity index (χ4n) is 1.94. The van der Waals surface area contributed by atoms with Gasteiger partial charge < -0.3 is 5.11 Å². The van der Waals surface area contributed by atoms with Crippen molar-refractivity contribution in [1.29, 1.82) is 0 Å². The molecule has 2 rings (SSSR count). The number of fused-ring (bicyclic) bond motifs is 1. The molecule has 0 fully saturated rings. The number of hydrogen-bond acceptors (Lipinski definition) is 2. The molecule has 0 radical (unpaired) electrons. The van der Waals surface area contributed by atoms with Crippen LogP contribution < -0.4 is 0 Å². The molecular weight excluding hydrogens is 232 g/mol. The summed E-state index contributed by atoms with van der Waals surface area (Å²) in [5.41, 5.74) is 0.891. The Morgan fingerprint density at radius 1 is 1.24 bits per heavy atom. The van der Waals surface area contributed by atoms with Gasteiger partial charge in [0.15, 0.2) is 0 Å². The van der Waals surface area contributed by atoms with Gasteiger partial charge in [-0.3, -0.25) is 4.79 Å². The summed E-state index contributed by atoms with van der Waals surface area (Å²) in [6.07, 6.45) is 0. The predicted molar refractivity (Wildman–Crippen MR) is 72.5 cm³/mol. The van der Waals surface area contributed by atoms with Crippen LogP contribution in [0, 0.1) is 0 Å². The molecule has 0 aliphatic carbocycles. The first-order valence-corrected chi connectivity index (χ1v) is 6.61. The molecule has 1 N–H and O–H groups in total. The third-order valence-electron chi connectivity index (χ3n) is 2.66. The van der Waals surface area contributed by atoms with E-state index in [1.54, 1.807) is 0 Å². The number of carbonyl (C=O) groups is 1. The topological polar surface area (TPSA) is 37.3 Å². The maximum absolute atomic E-state index is 11.3. The second-order valence-corrected chi connectivity index (χ2v) is 5.12. The molecule has 0 amide bonds. The number of benzene rings is 2. The van der Waals surface area contributed by atoms with Crippen molar-refractivity contribution in [2.24, 2.45) is 0 Å². The normalized spacial score (nSPS) is 12.5. The minimum Gasteiger partial charge on any atom is -0.480 e. The average molecular weight is 246 g/mol. The molecule has 1 unspecified atom stereocenters. The first-order chi connectivity index (χ1) is 8.24. The molecular formula is C14H14O2S. The molecule has 0 heterocycles. The Kier molecular flexibility index (Phi) is 3.69. The molecule has 2 aromatic carbocycles. The lowest BCUT2D eigenvalue weighted by Crippen LogP contribution is -2.08. The van der Waals surface area contributed by atoms with Crippen LogP contribution in [0.5, 0.6) is 0 Å². The summed E-state index contributed by atoms with van der Waals surface area (Å²) in [6, 6.07) is 13.7. The zero-order chi connectivity index (χ0) is 12.3. The summed E-state index contributed by atoms with van der Waals surface area (Å²) in [5, 5.41) is 10.9. The van der Waals surface area contributed by atoms with Crippen molar-refractivity contribution >= 4 is 28.5 Å².